The summed E-state index contributed by atoms with van der Waals surface area (Å²) in [5.74, 6) is 0. The van der Waals surface area contributed by atoms with Gasteiger partial charge in [0.25, 0.3) is 5.69 Å². The first-order valence-corrected chi connectivity index (χ1v) is 5.38. The van der Waals surface area contributed by atoms with E-state index >= 15 is 0 Å². The second kappa shape index (κ2) is 3.73. The lowest BCUT2D eigenvalue weighted by Gasteiger charge is -2.02. The number of benzene rings is 1. The van der Waals surface area contributed by atoms with Gasteiger partial charge in [-0.1, -0.05) is 12.1 Å². The molecule has 2 aromatic rings. The van der Waals surface area contributed by atoms with Crippen LogP contribution in [0, 0.1) is 20.7 Å². The van der Waals surface area contributed by atoms with Crippen LogP contribution in [0.5, 0.6) is 0 Å². The van der Waals surface area contributed by atoms with Crippen molar-refractivity contribution < 1.29 is 4.92 Å². The van der Waals surface area contributed by atoms with E-state index in [0.717, 1.165) is 14.8 Å². The number of nitro groups is 1. The second-order valence-electron chi connectivity index (χ2n) is 3.16. The van der Waals surface area contributed by atoms with Crippen molar-refractivity contribution in [3.63, 3.8) is 0 Å². The highest BCUT2D eigenvalue weighted by Crippen LogP contribution is 2.27. The summed E-state index contributed by atoms with van der Waals surface area (Å²) in [6.07, 6.45) is 0. The SMILES string of the molecule is Cc1nc(I)cc2c([N+](=O)[O-])cccc12. The van der Waals surface area contributed by atoms with Crippen LogP contribution in [0.3, 0.4) is 0 Å². The van der Waals surface area contributed by atoms with Crippen molar-refractivity contribution in [3.05, 3.63) is 43.8 Å². The average Bonchev–Trinajstić information content (AvgIpc) is 2.16. The fraction of sp³-hybridized carbons (Fsp3) is 0.100. The number of hydrogen-bond acceptors (Lipinski definition) is 3. The molecule has 0 saturated carbocycles. The predicted octanol–water partition coefficient (Wildman–Crippen LogP) is 3.06. The smallest absolute Gasteiger partial charge is 0.258 e. The number of hydrogen-bond donors (Lipinski definition) is 0. The number of nitro benzene ring substituents is 1. The largest absolute Gasteiger partial charge is 0.277 e. The summed E-state index contributed by atoms with van der Waals surface area (Å²) in [4.78, 5) is 14.7. The average molecular weight is 314 g/mol. The van der Waals surface area contributed by atoms with Crippen LogP contribution in [-0.2, 0) is 0 Å². The zero-order valence-corrected chi connectivity index (χ0v) is 10.1. The maximum atomic E-state index is 10.8. The number of fused-ring (bicyclic) bond motifs is 1. The number of non-ortho nitro benzene ring substituents is 1. The molecule has 0 N–H and O–H groups in total. The molecular formula is C10H7IN2O2. The lowest BCUT2D eigenvalue weighted by molar-refractivity contribution is -0.383. The first-order chi connectivity index (χ1) is 7.09. The van der Waals surface area contributed by atoms with Crippen molar-refractivity contribution in [2.24, 2.45) is 0 Å². The Balaban J connectivity index is 2.91. The fourth-order valence-electron chi connectivity index (χ4n) is 1.55. The lowest BCUT2D eigenvalue weighted by Crippen LogP contribution is -1.93. The van der Waals surface area contributed by atoms with Crippen LogP contribution in [0.1, 0.15) is 5.69 Å². The third-order valence-electron chi connectivity index (χ3n) is 2.21. The van der Waals surface area contributed by atoms with Gasteiger partial charge in [-0.3, -0.25) is 10.1 Å². The Morgan fingerprint density at radius 3 is 2.80 bits per heavy atom. The Hall–Kier alpha value is -1.24. The molecule has 15 heavy (non-hydrogen) atoms. The van der Waals surface area contributed by atoms with Gasteiger partial charge < -0.3 is 0 Å². The Bertz CT molecular complexity index is 554. The minimum Gasteiger partial charge on any atom is -0.258 e. The molecule has 0 unspecified atom stereocenters. The van der Waals surface area contributed by atoms with Crippen molar-refractivity contribution in [1.82, 2.24) is 4.98 Å². The molecule has 0 saturated heterocycles. The van der Waals surface area contributed by atoms with Crippen LogP contribution in [0.4, 0.5) is 5.69 Å². The molecule has 0 aliphatic carbocycles. The van der Waals surface area contributed by atoms with Gasteiger partial charge in [0.2, 0.25) is 0 Å². The third kappa shape index (κ3) is 1.79. The quantitative estimate of drug-likeness (QED) is 0.352. The summed E-state index contributed by atoms with van der Waals surface area (Å²) in [5, 5.41) is 12.3. The van der Waals surface area contributed by atoms with Crippen LogP contribution in [-0.4, -0.2) is 9.91 Å². The number of aromatic nitrogens is 1. The van der Waals surface area contributed by atoms with Crippen LogP contribution in [0.15, 0.2) is 24.3 Å². The van der Waals surface area contributed by atoms with E-state index in [1.165, 1.54) is 6.07 Å². The van der Waals surface area contributed by atoms with Crippen molar-refractivity contribution in [2.75, 3.05) is 0 Å². The first kappa shape index (κ1) is 10.3. The van der Waals surface area contributed by atoms with Gasteiger partial charge in [-0.15, -0.1) is 0 Å². The van der Waals surface area contributed by atoms with Crippen molar-refractivity contribution in [3.8, 4) is 0 Å². The van der Waals surface area contributed by atoms with Crippen LogP contribution in [0.25, 0.3) is 10.8 Å². The van der Waals surface area contributed by atoms with Crippen LogP contribution < -0.4 is 0 Å². The third-order valence-corrected chi connectivity index (χ3v) is 2.76. The normalized spacial score (nSPS) is 10.5. The van der Waals surface area contributed by atoms with Crippen molar-refractivity contribution in [1.29, 1.82) is 0 Å². The number of nitrogens with zero attached hydrogens (tertiary/aromatic N) is 2. The van der Waals surface area contributed by atoms with Gasteiger partial charge in [-0.05, 0) is 35.6 Å². The van der Waals surface area contributed by atoms with Crippen molar-refractivity contribution >= 4 is 39.1 Å². The van der Waals surface area contributed by atoms with E-state index in [9.17, 15) is 10.1 Å². The van der Waals surface area contributed by atoms with Gasteiger partial charge in [0.05, 0.1) is 10.3 Å². The number of rotatable bonds is 1. The highest BCUT2D eigenvalue weighted by molar-refractivity contribution is 14.1. The van der Waals surface area contributed by atoms with E-state index in [-0.39, 0.29) is 10.6 Å². The molecule has 0 fully saturated rings. The van der Waals surface area contributed by atoms with Gasteiger partial charge in [-0.25, -0.2) is 4.98 Å². The Labute approximate surface area is 99.6 Å². The van der Waals surface area contributed by atoms with Gasteiger partial charge in [0.15, 0.2) is 0 Å². The monoisotopic (exact) mass is 314 g/mol. The molecule has 0 bridgehead atoms. The van der Waals surface area contributed by atoms with Gasteiger partial charge in [0.1, 0.15) is 3.70 Å². The molecule has 0 radical (unpaired) electrons. The molecule has 0 amide bonds. The molecule has 4 nitrogen and oxygen atoms in total. The lowest BCUT2D eigenvalue weighted by atomic mass is 10.1. The maximum absolute atomic E-state index is 10.8. The van der Waals surface area contributed by atoms with Gasteiger partial charge >= 0.3 is 0 Å². The van der Waals surface area contributed by atoms with E-state index < -0.39 is 0 Å². The molecule has 0 atom stereocenters. The number of aryl methyl sites for hydroxylation is 1. The zero-order chi connectivity index (χ0) is 11.0. The highest BCUT2D eigenvalue weighted by atomic mass is 127. The first-order valence-electron chi connectivity index (χ1n) is 4.30. The summed E-state index contributed by atoms with van der Waals surface area (Å²) >= 11 is 2.06. The summed E-state index contributed by atoms with van der Waals surface area (Å²) in [6, 6.07) is 6.78. The topological polar surface area (TPSA) is 56.0 Å². The Kier molecular flexibility index (Phi) is 2.56. The van der Waals surface area contributed by atoms with E-state index in [0.29, 0.717) is 5.39 Å². The number of halogens is 1. The molecule has 5 heteroatoms. The minimum atomic E-state index is -0.363. The fourth-order valence-corrected chi connectivity index (χ4v) is 2.22. The van der Waals surface area contributed by atoms with Crippen LogP contribution >= 0.6 is 22.6 Å². The van der Waals surface area contributed by atoms with E-state index in [1.807, 2.05) is 13.0 Å². The summed E-state index contributed by atoms with van der Waals surface area (Å²) in [5.41, 5.74) is 0.955. The maximum Gasteiger partial charge on any atom is 0.277 e. The van der Waals surface area contributed by atoms with E-state index in [1.54, 1.807) is 12.1 Å². The number of pyridine rings is 1. The van der Waals surface area contributed by atoms with E-state index in [4.69, 9.17) is 0 Å². The summed E-state index contributed by atoms with van der Waals surface area (Å²) in [7, 11) is 0. The molecule has 1 aromatic heterocycles. The molecule has 0 aliphatic heterocycles. The Morgan fingerprint density at radius 2 is 2.13 bits per heavy atom. The summed E-state index contributed by atoms with van der Waals surface area (Å²) < 4.78 is 0.770. The second-order valence-corrected chi connectivity index (χ2v) is 4.27. The molecule has 0 aliphatic rings. The summed E-state index contributed by atoms with van der Waals surface area (Å²) in [6.45, 7) is 1.86. The molecule has 1 heterocycles. The Morgan fingerprint density at radius 1 is 1.40 bits per heavy atom. The molecule has 2 rings (SSSR count). The molecule has 1 aromatic carbocycles. The van der Waals surface area contributed by atoms with Gasteiger partial charge in [0, 0.05) is 17.1 Å². The molecule has 76 valence electrons. The zero-order valence-electron chi connectivity index (χ0n) is 7.90. The minimum absolute atomic E-state index is 0.135. The van der Waals surface area contributed by atoms with Crippen LogP contribution in [0.2, 0.25) is 0 Å². The molecular weight excluding hydrogens is 307 g/mol. The van der Waals surface area contributed by atoms with Crippen molar-refractivity contribution in [2.45, 2.75) is 6.92 Å². The standard InChI is InChI=1S/C10H7IN2O2/c1-6-7-3-2-4-9(13(14)15)8(7)5-10(11)12-6/h2-5H,1H3. The highest BCUT2D eigenvalue weighted by Gasteiger charge is 2.13. The van der Waals surface area contributed by atoms with E-state index in [2.05, 4.69) is 27.6 Å². The molecule has 0 spiro atoms. The predicted molar refractivity (Wildman–Crippen MR) is 65.9 cm³/mol. The van der Waals surface area contributed by atoms with Gasteiger partial charge in [-0.2, -0.15) is 0 Å².